The van der Waals surface area contributed by atoms with Gasteiger partial charge in [0.25, 0.3) is 0 Å². The van der Waals surface area contributed by atoms with Gasteiger partial charge >= 0.3 is 5.97 Å². The number of fused-ring (bicyclic) bond motifs is 1. The molecule has 0 unspecified atom stereocenters. The molecule has 4 nitrogen and oxygen atoms in total. The fourth-order valence-electron chi connectivity index (χ4n) is 2.76. The van der Waals surface area contributed by atoms with Crippen molar-refractivity contribution < 1.29 is 9.53 Å². The molecular formula is C19H20N2O2S2. The molecule has 0 atom stereocenters. The smallest absolute Gasteiger partial charge is 0.306 e. The maximum atomic E-state index is 12.1. The quantitative estimate of drug-likeness (QED) is 0.356. The van der Waals surface area contributed by atoms with E-state index < -0.39 is 0 Å². The SMILES string of the molecule is CSc1nc(C)c(CCC(=O)OCc2csc3ccccc23)c(C)n1. The average Bonchev–Trinajstić information content (AvgIpc) is 3.02. The number of thiophene rings is 1. The zero-order chi connectivity index (χ0) is 17.8. The van der Waals surface area contributed by atoms with E-state index in [0.29, 0.717) is 19.4 Å². The Morgan fingerprint density at radius 3 is 2.64 bits per heavy atom. The van der Waals surface area contributed by atoms with E-state index in [9.17, 15) is 4.79 Å². The summed E-state index contributed by atoms with van der Waals surface area (Å²) in [5, 5.41) is 3.99. The number of ether oxygens (including phenoxy) is 1. The fourth-order valence-corrected chi connectivity index (χ4v) is 4.17. The van der Waals surface area contributed by atoms with Crippen LogP contribution in [-0.2, 0) is 22.6 Å². The number of nitrogens with zero attached hydrogens (tertiary/aromatic N) is 2. The highest BCUT2D eigenvalue weighted by molar-refractivity contribution is 7.98. The number of aryl methyl sites for hydroxylation is 2. The molecule has 0 saturated heterocycles. The van der Waals surface area contributed by atoms with Crippen LogP contribution >= 0.6 is 23.1 Å². The van der Waals surface area contributed by atoms with Gasteiger partial charge in [-0.05, 0) is 48.9 Å². The first-order valence-electron chi connectivity index (χ1n) is 8.07. The summed E-state index contributed by atoms with van der Waals surface area (Å²) in [6.45, 7) is 4.25. The van der Waals surface area contributed by atoms with Crippen LogP contribution in [0.1, 0.15) is 28.9 Å². The molecule has 0 amide bonds. The molecule has 3 aromatic rings. The lowest BCUT2D eigenvalue weighted by atomic mass is 10.1. The third-order valence-corrected chi connectivity index (χ3v) is 5.67. The Hall–Kier alpha value is -1.92. The maximum absolute atomic E-state index is 12.1. The molecule has 130 valence electrons. The Balaban J connectivity index is 1.58. The largest absolute Gasteiger partial charge is 0.461 e. The number of hydrogen-bond acceptors (Lipinski definition) is 6. The van der Waals surface area contributed by atoms with Crippen LogP contribution in [0.5, 0.6) is 0 Å². The minimum atomic E-state index is -0.192. The number of hydrogen-bond donors (Lipinski definition) is 0. The zero-order valence-corrected chi connectivity index (χ0v) is 16.2. The molecule has 0 spiro atoms. The van der Waals surface area contributed by atoms with Gasteiger partial charge < -0.3 is 4.74 Å². The number of carbonyl (C=O) groups excluding carboxylic acids is 1. The molecule has 6 heteroatoms. The van der Waals surface area contributed by atoms with Crippen molar-refractivity contribution in [2.75, 3.05) is 6.26 Å². The average molecular weight is 373 g/mol. The lowest BCUT2D eigenvalue weighted by Gasteiger charge is -2.10. The van der Waals surface area contributed by atoms with Gasteiger partial charge in [0.2, 0.25) is 0 Å². The molecule has 1 aromatic carbocycles. The van der Waals surface area contributed by atoms with Crippen molar-refractivity contribution >= 4 is 39.2 Å². The zero-order valence-electron chi connectivity index (χ0n) is 14.5. The van der Waals surface area contributed by atoms with Crippen molar-refractivity contribution in [3.63, 3.8) is 0 Å². The van der Waals surface area contributed by atoms with Crippen LogP contribution in [0.3, 0.4) is 0 Å². The van der Waals surface area contributed by atoms with Crippen LogP contribution in [0.25, 0.3) is 10.1 Å². The van der Waals surface area contributed by atoms with Crippen molar-refractivity contribution in [1.82, 2.24) is 9.97 Å². The first-order valence-corrected chi connectivity index (χ1v) is 10.2. The summed E-state index contributed by atoms with van der Waals surface area (Å²) in [5.74, 6) is -0.192. The van der Waals surface area contributed by atoms with Gasteiger partial charge in [-0.25, -0.2) is 9.97 Å². The van der Waals surface area contributed by atoms with Crippen molar-refractivity contribution in [1.29, 1.82) is 0 Å². The van der Waals surface area contributed by atoms with Gasteiger partial charge in [-0.1, -0.05) is 30.0 Å². The van der Waals surface area contributed by atoms with E-state index in [1.165, 1.54) is 16.5 Å². The minimum absolute atomic E-state index is 0.192. The highest BCUT2D eigenvalue weighted by Gasteiger charge is 2.12. The Morgan fingerprint density at radius 2 is 1.92 bits per heavy atom. The molecule has 0 radical (unpaired) electrons. The lowest BCUT2D eigenvalue weighted by Crippen LogP contribution is -2.09. The van der Waals surface area contributed by atoms with Gasteiger partial charge in [0.05, 0.1) is 0 Å². The van der Waals surface area contributed by atoms with E-state index in [1.807, 2.05) is 32.2 Å². The second-order valence-electron chi connectivity index (χ2n) is 5.78. The summed E-state index contributed by atoms with van der Waals surface area (Å²) in [6.07, 6.45) is 2.90. The summed E-state index contributed by atoms with van der Waals surface area (Å²) >= 11 is 3.20. The van der Waals surface area contributed by atoms with Crippen molar-refractivity contribution in [3.8, 4) is 0 Å². The minimum Gasteiger partial charge on any atom is -0.461 e. The Labute approximate surface area is 155 Å². The topological polar surface area (TPSA) is 52.1 Å². The molecule has 25 heavy (non-hydrogen) atoms. The van der Waals surface area contributed by atoms with Crippen LogP contribution in [0.4, 0.5) is 0 Å². The normalized spacial score (nSPS) is 11.0. The maximum Gasteiger partial charge on any atom is 0.306 e. The molecule has 0 N–H and O–H groups in total. The number of carbonyl (C=O) groups is 1. The Bertz CT molecular complexity index is 882. The van der Waals surface area contributed by atoms with Gasteiger partial charge in [0, 0.05) is 28.1 Å². The van der Waals surface area contributed by atoms with E-state index in [4.69, 9.17) is 4.74 Å². The van der Waals surface area contributed by atoms with Gasteiger partial charge in [-0.15, -0.1) is 11.3 Å². The number of aromatic nitrogens is 2. The first kappa shape index (κ1) is 17.9. The molecular weight excluding hydrogens is 352 g/mol. The van der Waals surface area contributed by atoms with Crippen LogP contribution < -0.4 is 0 Å². The Morgan fingerprint density at radius 1 is 1.20 bits per heavy atom. The van der Waals surface area contributed by atoms with Crippen LogP contribution in [0.15, 0.2) is 34.8 Å². The van der Waals surface area contributed by atoms with E-state index in [0.717, 1.165) is 33.1 Å². The standard InChI is InChI=1S/C19H20N2O2S2/c1-12-15(13(2)21-19(20-12)24-3)8-9-18(22)23-10-14-11-25-17-7-5-4-6-16(14)17/h4-7,11H,8-10H2,1-3H3. The van der Waals surface area contributed by atoms with Gasteiger partial charge in [0.1, 0.15) is 6.61 Å². The highest BCUT2D eigenvalue weighted by atomic mass is 32.2. The van der Waals surface area contributed by atoms with E-state index in [-0.39, 0.29) is 5.97 Å². The van der Waals surface area contributed by atoms with Crippen molar-refractivity contribution in [3.05, 3.63) is 52.2 Å². The molecule has 2 aromatic heterocycles. The monoisotopic (exact) mass is 372 g/mol. The van der Waals surface area contributed by atoms with Gasteiger partial charge in [0.15, 0.2) is 5.16 Å². The predicted molar refractivity (Wildman–Crippen MR) is 103 cm³/mol. The number of benzene rings is 1. The molecule has 0 aliphatic heterocycles. The summed E-state index contributed by atoms with van der Waals surface area (Å²) in [5.41, 5.74) is 3.98. The van der Waals surface area contributed by atoms with Crippen LogP contribution in [0.2, 0.25) is 0 Å². The number of thioether (sulfide) groups is 1. The first-order chi connectivity index (χ1) is 12.1. The van der Waals surface area contributed by atoms with E-state index >= 15 is 0 Å². The summed E-state index contributed by atoms with van der Waals surface area (Å²) in [4.78, 5) is 21.0. The summed E-state index contributed by atoms with van der Waals surface area (Å²) in [7, 11) is 0. The molecule has 3 rings (SSSR count). The van der Waals surface area contributed by atoms with E-state index in [1.54, 1.807) is 11.3 Å². The van der Waals surface area contributed by atoms with Crippen LogP contribution in [-0.4, -0.2) is 22.2 Å². The summed E-state index contributed by atoms with van der Waals surface area (Å²) in [6, 6.07) is 8.16. The third-order valence-electron chi connectivity index (χ3n) is 4.11. The molecule has 0 aliphatic carbocycles. The van der Waals surface area contributed by atoms with Gasteiger partial charge in [-0.3, -0.25) is 4.79 Å². The lowest BCUT2D eigenvalue weighted by molar-refractivity contribution is -0.144. The van der Waals surface area contributed by atoms with Crippen LogP contribution in [0, 0.1) is 13.8 Å². The third kappa shape index (κ3) is 4.19. The molecule has 0 saturated carbocycles. The fraction of sp³-hybridized carbons (Fsp3) is 0.316. The molecule has 0 aliphatic rings. The van der Waals surface area contributed by atoms with Gasteiger partial charge in [-0.2, -0.15) is 0 Å². The highest BCUT2D eigenvalue weighted by Crippen LogP contribution is 2.26. The molecule has 0 fully saturated rings. The molecule has 2 heterocycles. The second-order valence-corrected chi connectivity index (χ2v) is 7.46. The number of esters is 1. The summed E-state index contributed by atoms with van der Waals surface area (Å²) < 4.78 is 6.68. The molecule has 0 bridgehead atoms. The number of rotatable bonds is 6. The predicted octanol–water partition coefficient (Wildman–Crippen LogP) is 4.71. The van der Waals surface area contributed by atoms with Crippen molar-refractivity contribution in [2.24, 2.45) is 0 Å². The second kappa shape index (κ2) is 7.97. The van der Waals surface area contributed by atoms with E-state index in [2.05, 4.69) is 27.5 Å². The van der Waals surface area contributed by atoms with Crippen molar-refractivity contribution in [2.45, 2.75) is 38.5 Å². The Kier molecular flexibility index (Phi) is 5.71.